The highest BCUT2D eigenvalue weighted by molar-refractivity contribution is 9.10. The number of aromatic nitrogens is 2. The zero-order valence-electron chi connectivity index (χ0n) is 9.25. The number of halogens is 1. The Balaban J connectivity index is 3.04. The lowest BCUT2D eigenvalue weighted by atomic mass is 10.2. The number of nitrogens with zero attached hydrogens (tertiary/aromatic N) is 2. The van der Waals surface area contributed by atoms with Crippen molar-refractivity contribution in [3.05, 3.63) is 21.0 Å². The van der Waals surface area contributed by atoms with E-state index < -0.39 is 0 Å². The van der Waals surface area contributed by atoms with Crippen molar-refractivity contribution in [2.45, 2.75) is 27.3 Å². The maximum atomic E-state index is 11.8. The summed E-state index contributed by atoms with van der Waals surface area (Å²) < 4.78 is 2.04. The Morgan fingerprint density at radius 3 is 2.80 bits per heavy atom. The summed E-state index contributed by atoms with van der Waals surface area (Å²) in [6, 6.07) is 0. The average molecular weight is 274 g/mol. The number of nitrogens with one attached hydrogen (secondary N) is 1. The first kappa shape index (κ1) is 12.2. The monoisotopic (exact) mass is 273 g/mol. The van der Waals surface area contributed by atoms with Gasteiger partial charge in [-0.1, -0.05) is 13.8 Å². The van der Waals surface area contributed by atoms with E-state index in [1.807, 2.05) is 6.92 Å². The number of rotatable bonds is 4. The minimum atomic E-state index is -0.0813. The lowest BCUT2D eigenvalue weighted by Gasteiger charge is -2.10. The first-order chi connectivity index (χ1) is 7.06. The lowest BCUT2D eigenvalue weighted by molar-refractivity contribution is 0.462. The molecule has 0 radical (unpaired) electrons. The first-order valence-electron chi connectivity index (χ1n) is 5.05. The van der Waals surface area contributed by atoms with Crippen LogP contribution < -0.4 is 10.9 Å². The Labute approximate surface area is 97.8 Å². The maximum Gasteiger partial charge on any atom is 0.283 e. The molecule has 0 aliphatic carbocycles. The van der Waals surface area contributed by atoms with Crippen LogP contribution in [0.4, 0.5) is 5.69 Å². The molecule has 0 unspecified atom stereocenters. The molecule has 4 nitrogen and oxygen atoms in total. The zero-order valence-corrected chi connectivity index (χ0v) is 10.8. The van der Waals surface area contributed by atoms with Crippen molar-refractivity contribution < 1.29 is 0 Å². The number of anilines is 1. The highest BCUT2D eigenvalue weighted by Gasteiger charge is 2.08. The van der Waals surface area contributed by atoms with Gasteiger partial charge in [-0.05, 0) is 28.8 Å². The van der Waals surface area contributed by atoms with Gasteiger partial charge in [0, 0.05) is 13.1 Å². The van der Waals surface area contributed by atoms with Crippen LogP contribution in [0, 0.1) is 5.92 Å². The zero-order chi connectivity index (χ0) is 11.4. The molecule has 0 saturated carbocycles. The van der Waals surface area contributed by atoms with E-state index in [1.165, 1.54) is 4.68 Å². The van der Waals surface area contributed by atoms with Crippen molar-refractivity contribution in [2.75, 3.05) is 11.9 Å². The van der Waals surface area contributed by atoms with Gasteiger partial charge in [-0.2, -0.15) is 5.10 Å². The van der Waals surface area contributed by atoms with Crippen LogP contribution in [-0.2, 0) is 6.54 Å². The van der Waals surface area contributed by atoms with Gasteiger partial charge in [0.15, 0.2) is 0 Å². The quantitative estimate of drug-likeness (QED) is 0.914. The Morgan fingerprint density at radius 1 is 1.60 bits per heavy atom. The molecular formula is C10H16BrN3O. The third kappa shape index (κ3) is 3.06. The molecule has 1 N–H and O–H groups in total. The van der Waals surface area contributed by atoms with Crippen LogP contribution in [0.2, 0.25) is 0 Å². The van der Waals surface area contributed by atoms with Gasteiger partial charge in [0.05, 0.1) is 11.9 Å². The fourth-order valence-electron chi connectivity index (χ4n) is 1.25. The van der Waals surface area contributed by atoms with E-state index in [0.717, 1.165) is 12.2 Å². The van der Waals surface area contributed by atoms with Crippen LogP contribution in [-0.4, -0.2) is 16.3 Å². The molecule has 0 amide bonds. The average Bonchev–Trinajstić information content (AvgIpc) is 2.17. The van der Waals surface area contributed by atoms with Crippen LogP contribution in [0.15, 0.2) is 15.5 Å². The Kier molecular flexibility index (Phi) is 4.32. The molecule has 15 heavy (non-hydrogen) atoms. The molecule has 0 aromatic carbocycles. The molecule has 0 atom stereocenters. The predicted molar refractivity (Wildman–Crippen MR) is 65.2 cm³/mol. The normalized spacial score (nSPS) is 10.7. The van der Waals surface area contributed by atoms with Crippen LogP contribution in [0.1, 0.15) is 20.8 Å². The Hall–Kier alpha value is -0.840. The summed E-state index contributed by atoms with van der Waals surface area (Å²) in [6.07, 6.45) is 1.68. The second-order valence-corrected chi connectivity index (χ2v) is 4.58. The fourth-order valence-corrected chi connectivity index (χ4v) is 1.70. The van der Waals surface area contributed by atoms with Gasteiger partial charge in [-0.25, -0.2) is 4.68 Å². The largest absolute Gasteiger partial charge is 0.383 e. The van der Waals surface area contributed by atoms with E-state index in [4.69, 9.17) is 0 Å². The summed E-state index contributed by atoms with van der Waals surface area (Å²) in [5.74, 6) is 0.409. The van der Waals surface area contributed by atoms with Crippen LogP contribution in [0.5, 0.6) is 0 Å². The fraction of sp³-hybridized carbons (Fsp3) is 0.600. The molecule has 1 rings (SSSR count). The molecule has 0 aliphatic heterocycles. The van der Waals surface area contributed by atoms with Crippen molar-refractivity contribution in [1.29, 1.82) is 0 Å². The molecular weight excluding hydrogens is 258 g/mol. The van der Waals surface area contributed by atoms with Gasteiger partial charge in [-0.3, -0.25) is 4.79 Å². The third-order valence-electron chi connectivity index (χ3n) is 1.89. The lowest BCUT2D eigenvalue weighted by Crippen LogP contribution is -2.26. The van der Waals surface area contributed by atoms with Gasteiger partial charge in [-0.15, -0.1) is 0 Å². The predicted octanol–water partition coefficient (Wildman–Crippen LogP) is 2.09. The molecule has 0 spiro atoms. The second kappa shape index (κ2) is 5.30. The molecule has 1 aromatic rings. The minimum Gasteiger partial charge on any atom is -0.383 e. The van der Waals surface area contributed by atoms with Crippen LogP contribution in [0.3, 0.4) is 0 Å². The highest BCUT2D eigenvalue weighted by atomic mass is 79.9. The van der Waals surface area contributed by atoms with Gasteiger partial charge < -0.3 is 5.32 Å². The molecule has 1 aromatic heterocycles. The summed E-state index contributed by atoms with van der Waals surface area (Å²) in [6.45, 7) is 7.50. The van der Waals surface area contributed by atoms with Gasteiger partial charge in [0.1, 0.15) is 4.47 Å². The highest BCUT2D eigenvalue weighted by Crippen LogP contribution is 2.15. The van der Waals surface area contributed by atoms with Gasteiger partial charge >= 0.3 is 0 Å². The Morgan fingerprint density at radius 2 is 2.27 bits per heavy atom. The minimum absolute atomic E-state index is 0.0813. The maximum absolute atomic E-state index is 11.8. The van der Waals surface area contributed by atoms with Gasteiger partial charge in [0.25, 0.3) is 5.56 Å². The van der Waals surface area contributed by atoms with E-state index in [9.17, 15) is 4.79 Å². The van der Waals surface area contributed by atoms with Gasteiger partial charge in [0.2, 0.25) is 0 Å². The summed E-state index contributed by atoms with van der Waals surface area (Å²) in [4.78, 5) is 11.8. The topological polar surface area (TPSA) is 46.9 Å². The van der Waals surface area contributed by atoms with Crippen LogP contribution in [0.25, 0.3) is 0 Å². The van der Waals surface area contributed by atoms with Crippen molar-refractivity contribution in [1.82, 2.24) is 9.78 Å². The van der Waals surface area contributed by atoms with E-state index in [2.05, 4.69) is 40.2 Å². The van der Waals surface area contributed by atoms with E-state index in [1.54, 1.807) is 6.20 Å². The van der Waals surface area contributed by atoms with Crippen molar-refractivity contribution in [3.8, 4) is 0 Å². The summed E-state index contributed by atoms with van der Waals surface area (Å²) in [7, 11) is 0. The summed E-state index contributed by atoms with van der Waals surface area (Å²) in [5.41, 5.74) is 0.671. The van der Waals surface area contributed by atoms with E-state index >= 15 is 0 Å². The van der Waals surface area contributed by atoms with Crippen molar-refractivity contribution in [3.63, 3.8) is 0 Å². The first-order valence-corrected chi connectivity index (χ1v) is 5.85. The summed E-state index contributed by atoms with van der Waals surface area (Å²) in [5, 5.41) is 7.18. The van der Waals surface area contributed by atoms with E-state index in [-0.39, 0.29) is 5.56 Å². The van der Waals surface area contributed by atoms with E-state index in [0.29, 0.717) is 16.9 Å². The molecule has 5 heteroatoms. The van der Waals surface area contributed by atoms with Crippen LogP contribution >= 0.6 is 15.9 Å². The molecule has 0 saturated heterocycles. The SMILES string of the molecule is CCNc1cnn(CC(C)C)c(=O)c1Br. The van der Waals surface area contributed by atoms with Crippen molar-refractivity contribution in [2.24, 2.45) is 5.92 Å². The molecule has 1 heterocycles. The second-order valence-electron chi connectivity index (χ2n) is 3.78. The summed E-state index contributed by atoms with van der Waals surface area (Å²) >= 11 is 3.29. The Bertz CT molecular complexity index is 387. The smallest absolute Gasteiger partial charge is 0.283 e. The molecule has 84 valence electrons. The third-order valence-corrected chi connectivity index (χ3v) is 2.66. The molecule has 0 aliphatic rings. The number of hydrogen-bond donors (Lipinski definition) is 1. The number of hydrogen-bond acceptors (Lipinski definition) is 3. The van der Waals surface area contributed by atoms with Crippen molar-refractivity contribution >= 4 is 21.6 Å². The molecule has 0 bridgehead atoms. The molecule has 0 fully saturated rings. The standard InChI is InChI=1S/C10H16BrN3O/c1-4-12-8-5-13-14(6-7(2)3)10(15)9(8)11/h5,7,12H,4,6H2,1-3H3.